The maximum atomic E-state index is 5.61. The van der Waals surface area contributed by atoms with Crippen LogP contribution in [0.1, 0.15) is 31.7 Å². The van der Waals surface area contributed by atoms with Crippen LogP contribution in [0.15, 0.2) is 18.5 Å². The van der Waals surface area contributed by atoms with Crippen molar-refractivity contribution in [1.82, 2.24) is 9.88 Å². The number of nitrogens with zero attached hydrogens (tertiary/aromatic N) is 2. The Labute approximate surface area is 97.4 Å². The highest BCUT2D eigenvalue weighted by Gasteiger charge is 2.12. The molecule has 0 saturated carbocycles. The number of likely N-dealkylation sites (tertiary alicyclic amines) is 1. The van der Waals surface area contributed by atoms with Crippen LogP contribution in [0.3, 0.4) is 0 Å². The van der Waals surface area contributed by atoms with Gasteiger partial charge in [-0.1, -0.05) is 6.42 Å². The van der Waals surface area contributed by atoms with Crippen LogP contribution in [-0.4, -0.2) is 29.6 Å². The van der Waals surface area contributed by atoms with Gasteiger partial charge >= 0.3 is 0 Å². The first-order chi connectivity index (χ1) is 7.90. The largest absolute Gasteiger partial charge is 0.493 e. The molecule has 88 valence electrons. The molecule has 1 aromatic heterocycles. The third-order valence-corrected chi connectivity index (χ3v) is 3.00. The fourth-order valence-electron chi connectivity index (χ4n) is 2.19. The van der Waals surface area contributed by atoms with E-state index in [2.05, 4.69) is 9.88 Å². The van der Waals surface area contributed by atoms with Crippen LogP contribution < -0.4 is 4.74 Å². The van der Waals surface area contributed by atoms with Crippen molar-refractivity contribution in [3.8, 4) is 5.75 Å². The van der Waals surface area contributed by atoms with Crippen molar-refractivity contribution < 1.29 is 4.74 Å². The molecule has 2 rings (SSSR count). The second kappa shape index (κ2) is 5.85. The predicted octanol–water partition coefficient (Wildman–Crippen LogP) is 2.47. The zero-order valence-corrected chi connectivity index (χ0v) is 9.98. The van der Waals surface area contributed by atoms with Crippen LogP contribution >= 0.6 is 0 Å². The van der Waals surface area contributed by atoms with E-state index in [1.165, 1.54) is 37.9 Å². The van der Waals surface area contributed by atoms with Gasteiger partial charge in [-0.2, -0.15) is 0 Å². The molecule has 1 aliphatic rings. The van der Waals surface area contributed by atoms with Crippen LogP contribution in [0.5, 0.6) is 5.75 Å². The third kappa shape index (κ3) is 2.95. The second-order valence-electron chi connectivity index (χ2n) is 4.25. The lowest BCUT2D eigenvalue weighted by Gasteiger charge is -2.26. The van der Waals surface area contributed by atoms with Gasteiger partial charge in [0.25, 0.3) is 0 Å². The van der Waals surface area contributed by atoms with E-state index in [1.807, 2.05) is 19.2 Å². The summed E-state index contributed by atoms with van der Waals surface area (Å²) in [5, 5.41) is 0. The second-order valence-corrected chi connectivity index (χ2v) is 4.25. The average molecular weight is 220 g/mol. The van der Waals surface area contributed by atoms with Crippen molar-refractivity contribution in [2.24, 2.45) is 0 Å². The smallest absolute Gasteiger partial charge is 0.126 e. The summed E-state index contributed by atoms with van der Waals surface area (Å²) in [6.07, 6.45) is 7.75. The highest BCUT2D eigenvalue weighted by molar-refractivity contribution is 5.29. The van der Waals surface area contributed by atoms with Gasteiger partial charge in [0.1, 0.15) is 5.75 Å². The van der Waals surface area contributed by atoms with E-state index in [9.17, 15) is 0 Å². The number of piperidine rings is 1. The number of hydrogen-bond acceptors (Lipinski definition) is 3. The molecule has 0 aromatic carbocycles. The molecule has 0 aliphatic carbocycles. The van der Waals surface area contributed by atoms with E-state index >= 15 is 0 Å². The number of rotatable bonds is 4. The first-order valence-corrected chi connectivity index (χ1v) is 6.18. The average Bonchev–Trinajstić information content (AvgIpc) is 2.33. The Kier molecular flexibility index (Phi) is 4.17. The number of ether oxygens (including phenoxy) is 1. The summed E-state index contributed by atoms with van der Waals surface area (Å²) in [6.45, 7) is 6.13. The molecule has 0 bridgehead atoms. The molecule has 16 heavy (non-hydrogen) atoms. The first kappa shape index (κ1) is 11.4. The van der Waals surface area contributed by atoms with E-state index in [-0.39, 0.29) is 0 Å². The summed E-state index contributed by atoms with van der Waals surface area (Å²) < 4.78 is 5.61. The Morgan fingerprint density at radius 2 is 2.12 bits per heavy atom. The van der Waals surface area contributed by atoms with Gasteiger partial charge < -0.3 is 4.74 Å². The minimum absolute atomic E-state index is 0.719. The van der Waals surface area contributed by atoms with Crippen molar-refractivity contribution >= 4 is 0 Å². The molecule has 0 amide bonds. The Hall–Kier alpha value is -1.09. The fourth-order valence-corrected chi connectivity index (χ4v) is 2.19. The Morgan fingerprint density at radius 3 is 2.88 bits per heavy atom. The quantitative estimate of drug-likeness (QED) is 0.779. The van der Waals surface area contributed by atoms with Crippen molar-refractivity contribution in [2.45, 2.75) is 32.7 Å². The van der Waals surface area contributed by atoms with E-state index in [0.717, 1.165) is 18.9 Å². The van der Waals surface area contributed by atoms with Gasteiger partial charge in [0.05, 0.1) is 6.61 Å². The summed E-state index contributed by atoms with van der Waals surface area (Å²) >= 11 is 0. The zero-order chi connectivity index (χ0) is 11.2. The van der Waals surface area contributed by atoms with Gasteiger partial charge in [0, 0.05) is 24.5 Å². The molecular formula is C13H20N2O. The predicted molar refractivity (Wildman–Crippen MR) is 64.5 cm³/mol. The Morgan fingerprint density at radius 1 is 1.31 bits per heavy atom. The van der Waals surface area contributed by atoms with Crippen LogP contribution in [0.2, 0.25) is 0 Å². The molecule has 0 unspecified atom stereocenters. The number of hydrogen-bond donors (Lipinski definition) is 0. The Balaban J connectivity index is 2.01. The lowest BCUT2D eigenvalue weighted by Crippen LogP contribution is -2.29. The van der Waals surface area contributed by atoms with Gasteiger partial charge in [-0.3, -0.25) is 9.88 Å². The maximum Gasteiger partial charge on any atom is 0.126 e. The molecule has 0 atom stereocenters. The normalized spacial score (nSPS) is 17.3. The zero-order valence-electron chi connectivity index (χ0n) is 9.98. The van der Waals surface area contributed by atoms with Gasteiger partial charge in [0.15, 0.2) is 0 Å². The molecule has 1 aromatic rings. The van der Waals surface area contributed by atoms with Crippen molar-refractivity contribution in [3.63, 3.8) is 0 Å². The van der Waals surface area contributed by atoms with Crippen molar-refractivity contribution in [2.75, 3.05) is 19.7 Å². The molecule has 0 N–H and O–H groups in total. The van der Waals surface area contributed by atoms with Gasteiger partial charge in [-0.05, 0) is 38.9 Å². The standard InChI is InChI=1S/C13H20N2O/c1-2-16-13-6-7-14-10-12(13)11-15-8-4-3-5-9-15/h6-7,10H,2-5,8-9,11H2,1H3. The highest BCUT2D eigenvalue weighted by Crippen LogP contribution is 2.20. The SMILES string of the molecule is CCOc1ccncc1CN1CCCCC1. The molecule has 0 radical (unpaired) electrons. The highest BCUT2D eigenvalue weighted by atomic mass is 16.5. The molecule has 2 heterocycles. The lowest BCUT2D eigenvalue weighted by atomic mass is 10.1. The summed E-state index contributed by atoms with van der Waals surface area (Å²) in [5.74, 6) is 0.989. The van der Waals surface area contributed by atoms with Gasteiger partial charge in [-0.25, -0.2) is 0 Å². The summed E-state index contributed by atoms with van der Waals surface area (Å²) in [7, 11) is 0. The van der Waals surface area contributed by atoms with Crippen LogP contribution in [0.4, 0.5) is 0 Å². The summed E-state index contributed by atoms with van der Waals surface area (Å²) in [6, 6.07) is 1.96. The molecule has 3 nitrogen and oxygen atoms in total. The van der Waals surface area contributed by atoms with Crippen LogP contribution in [0, 0.1) is 0 Å². The minimum Gasteiger partial charge on any atom is -0.493 e. The van der Waals surface area contributed by atoms with Gasteiger partial charge in [-0.15, -0.1) is 0 Å². The van der Waals surface area contributed by atoms with Crippen molar-refractivity contribution in [3.05, 3.63) is 24.0 Å². The van der Waals surface area contributed by atoms with Crippen molar-refractivity contribution in [1.29, 1.82) is 0 Å². The molecular weight excluding hydrogens is 200 g/mol. The van der Waals surface area contributed by atoms with E-state index < -0.39 is 0 Å². The fraction of sp³-hybridized carbons (Fsp3) is 0.615. The minimum atomic E-state index is 0.719. The topological polar surface area (TPSA) is 25.4 Å². The van der Waals surface area contributed by atoms with E-state index in [1.54, 1.807) is 6.20 Å². The third-order valence-electron chi connectivity index (χ3n) is 3.00. The van der Waals surface area contributed by atoms with E-state index in [4.69, 9.17) is 4.74 Å². The van der Waals surface area contributed by atoms with Crippen LogP contribution in [0.25, 0.3) is 0 Å². The van der Waals surface area contributed by atoms with Crippen LogP contribution in [-0.2, 0) is 6.54 Å². The first-order valence-electron chi connectivity index (χ1n) is 6.18. The molecule has 1 saturated heterocycles. The monoisotopic (exact) mass is 220 g/mol. The molecule has 3 heteroatoms. The Bertz CT molecular complexity index is 321. The summed E-state index contributed by atoms with van der Waals surface area (Å²) in [4.78, 5) is 6.68. The number of aromatic nitrogens is 1. The van der Waals surface area contributed by atoms with Gasteiger partial charge in [0.2, 0.25) is 0 Å². The van der Waals surface area contributed by atoms with E-state index in [0.29, 0.717) is 0 Å². The maximum absolute atomic E-state index is 5.61. The summed E-state index contributed by atoms with van der Waals surface area (Å²) in [5.41, 5.74) is 1.21. The molecule has 1 aliphatic heterocycles. The number of pyridine rings is 1. The lowest BCUT2D eigenvalue weighted by molar-refractivity contribution is 0.216. The molecule has 1 fully saturated rings. The molecule has 0 spiro atoms.